The topological polar surface area (TPSA) is 55.6 Å². The second-order valence-corrected chi connectivity index (χ2v) is 5.37. The summed E-state index contributed by atoms with van der Waals surface area (Å²) < 4.78 is 1.84. The van der Waals surface area contributed by atoms with Crippen LogP contribution in [0.5, 0.6) is 0 Å². The summed E-state index contributed by atoms with van der Waals surface area (Å²) in [5.41, 5.74) is 2.22. The van der Waals surface area contributed by atoms with E-state index in [0.29, 0.717) is 0 Å². The second-order valence-electron chi connectivity index (χ2n) is 5.37. The van der Waals surface area contributed by atoms with Crippen LogP contribution in [0.3, 0.4) is 0 Å². The van der Waals surface area contributed by atoms with Crippen molar-refractivity contribution in [3.8, 4) is 0 Å². The Morgan fingerprint density at radius 2 is 1.94 bits per heavy atom. The van der Waals surface area contributed by atoms with Gasteiger partial charge in [0.25, 0.3) is 0 Å². The van der Waals surface area contributed by atoms with Crippen molar-refractivity contribution in [3.05, 3.63) is 42.0 Å². The maximum atomic E-state index is 4.15. The minimum Gasteiger partial charge on any atom is -0.306 e. The first-order valence-corrected chi connectivity index (χ1v) is 6.06. The van der Waals surface area contributed by atoms with E-state index in [4.69, 9.17) is 0 Å². The van der Waals surface area contributed by atoms with Crippen molar-refractivity contribution in [3.63, 3.8) is 0 Å². The summed E-state index contributed by atoms with van der Waals surface area (Å²) >= 11 is 0. The van der Waals surface area contributed by atoms with Gasteiger partial charge in [0.15, 0.2) is 0 Å². The minimum atomic E-state index is 0.0921. The molecule has 0 radical (unpaired) electrons. The summed E-state index contributed by atoms with van der Waals surface area (Å²) in [4.78, 5) is 3.99. The van der Waals surface area contributed by atoms with E-state index in [0.717, 1.165) is 18.8 Å². The third-order valence-electron chi connectivity index (χ3n) is 2.48. The summed E-state index contributed by atoms with van der Waals surface area (Å²) in [6.45, 7) is 7.86. The zero-order valence-corrected chi connectivity index (χ0v) is 11.1. The molecule has 2 aromatic heterocycles. The molecule has 96 valence electrons. The molecule has 0 amide bonds. The number of hydrogen-bond acceptors (Lipinski definition) is 4. The SMILES string of the molecule is CC(C)(C)NCc1cn(Cc2ccncc2)nn1. The highest BCUT2D eigenvalue weighted by Gasteiger charge is 2.10. The van der Waals surface area contributed by atoms with Gasteiger partial charge in [-0.2, -0.15) is 0 Å². The van der Waals surface area contributed by atoms with Crippen LogP contribution in [-0.4, -0.2) is 25.5 Å². The molecule has 0 saturated carbocycles. The lowest BCUT2D eigenvalue weighted by atomic mass is 10.1. The molecule has 0 spiro atoms. The van der Waals surface area contributed by atoms with E-state index in [1.54, 1.807) is 12.4 Å². The molecule has 0 aliphatic heterocycles. The highest BCUT2D eigenvalue weighted by molar-refractivity contribution is 5.10. The van der Waals surface area contributed by atoms with Crippen molar-refractivity contribution in [2.24, 2.45) is 0 Å². The van der Waals surface area contributed by atoms with Crippen molar-refractivity contribution in [1.29, 1.82) is 0 Å². The molecule has 0 saturated heterocycles. The number of pyridine rings is 1. The van der Waals surface area contributed by atoms with E-state index in [1.807, 2.05) is 23.0 Å². The molecular weight excluding hydrogens is 226 g/mol. The van der Waals surface area contributed by atoms with E-state index in [9.17, 15) is 0 Å². The number of nitrogens with zero attached hydrogens (tertiary/aromatic N) is 4. The Morgan fingerprint density at radius 3 is 2.61 bits per heavy atom. The predicted octanol–water partition coefficient (Wildman–Crippen LogP) is 1.61. The zero-order chi connectivity index (χ0) is 13.0. The number of hydrogen-bond donors (Lipinski definition) is 1. The Labute approximate surface area is 107 Å². The fourth-order valence-corrected chi connectivity index (χ4v) is 1.53. The quantitative estimate of drug-likeness (QED) is 0.889. The van der Waals surface area contributed by atoms with Crippen LogP contribution in [0.2, 0.25) is 0 Å². The van der Waals surface area contributed by atoms with Crippen molar-refractivity contribution >= 4 is 0 Å². The van der Waals surface area contributed by atoms with Crippen LogP contribution in [0.1, 0.15) is 32.0 Å². The Balaban J connectivity index is 1.94. The largest absolute Gasteiger partial charge is 0.306 e. The Kier molecular flexibility index (Phi) is 3.72. The molecule has 0 aliphatic carbocycles. The van der Waals surface area contributed by atoms with Gasteiger partial charge in [0, 0.05) is 24.5 Å². The highest BCUT2D eigenvalue weighted by Crippen LogP contribution is 2.03. The third kappa shape index (κ3) is 3.92. The molecule has 5 nitrogen and oxygen atoms in total. The van der Waals surface area contributed by atoms with Gasteiger partial charge in [0.1, 0.15) is 0 Å². The standard InChI is InChI=1S/C13H19N5/c1-13(2,3)15-8-12-10-18(17-16-12)9-11-4-6-14-7-5-11/h4-7,10,15H,8-9H2,1-3H3. The lowest BCUT2D eigenvalue weighted by Crippen LogP contribution is -2.35. The Bertz CT molecular complexity index is 484. The molecule has 0 bridgehead atoms. The van der Waals surface area contributed by atoms with Crippen LogP contribution >= 0.6 is 0 Å². The van der Waals surface area contributed by atoms with Gasteiger partial charge in [-0.05, 0) is 38.5 Å². The molecule has 0 aliphatic rings. The second kappa shape index (κ2) is 5.27. The number of nitrogens with one attached hydrogen (secondary N) is 1. The normalized spacial score (nSPS) is 11.7. The van der Waals surface area contributed by atoms with Gasteiger partial charge in [-0.3, -0.25) is 4.98 Å². The van der Waals surface area contributed by atoms with Crippen LogP contribution in [-0.2, 0) is 13.1 Å². The summed E-state index contributed by atoms with van der Waals surface area (Å²) in [7, 11) is 0. The zero-order valence-electron chi connectivity index (χ0n) is 11.1. The van der Waals surface area contributed by atoms with Crippen LogP contribution < -0.4 is 5.32 Å². The Morgan fingerprint density at radius 1 is 1.22 bits per heavy atom. The summed E-state index contributed by atoms with van der Waals surface area (Å²) in [6.07, 6.45) is 5.54. The highest BCUT2D eigenvalue weighted by atomic mass is 15.4. The summed E-state index contributed by atoms with van der Waals surface area (Å²) in [6, 6.07) is 3.96. The lowest BCUT2D eigenvalue weighted by Gasteiger charge is -2.19. The molecule has 2 aromatic rings. The molecule has 0 fully saturated rings. The maximum absolute atomic E-state index is 4.15. The Hall–Kier alpha value is -1.75. The van der Waals surface area contributed by atoms with Gasteiger partial charge in [-0.25, -0.2) is 4.68 Å². The molecule has 2 heterocycles. The third-order valence-corrected chi connectivity index (χ3v) is 2.48. The van der Waals surface area contributed by atoms with Crippen LogP contribution in [0.25, 0.3) is 0 Å². The van der Waals surface area contributed by atoms with Crippen molar-refractivity contribution in [2.75, 3.05) is 0 Å². The first kappa shape index (κ1) is 12.7. The molecule has 1 N–H and O–H groups in total. The molecule has 18 heavy (non-hydrogen) atoms. The first-order valence-electron chi connectivity index (χ1n) is 6.06. The molecule has 2 rings (SSSR count). The molecule has 5 heteroatoms. The van der Waals surface area contributed by atoms with E-state index in [1.165, 1.54) is 5.56 Å². The van der Waals surface area contributed by atoms with Crippen molar-refractivity contribution < 1.29 is 0 Å². The van der Waals surface area contributed by atoms with Crippen molar-refractivity contribution in [2.45, 2.75) is 39.4 Å². The fraction of sp³-hybridized carbons (Fsp3) is 0.462. The average Bonchev–Trinajstić information content (AvgIpc) is 2.75. The van der Waals surface area contributed by atoms with E-state index in [2.05, 4.69) is 41.4 Å². The van der Waals surface area contributed by atoms with Gasteiger partial charge in [-0.15, -0.1) is 5.10 Å². The van der Waals surface area contributed by atoms with Gasteiger partial charge in [0.05, 0.1) is 18.4 Å². The number of aromatic nitrogens is 4. The van der Waals surface area contributed by atoms with E-state index in [-0.39, 0.29) is 5.54 Å². The first-order chi connectivity index (χ1) is 8.53. The smallest absolute Gasteiger partial charge is 0.0965 e. The van der Waals surface area contributed by atoms with Crippen LogP contribution in [0, 0.1) is 0 Å². The molecule has 0 aromatic carbocycles. The lowest BCUT2D eigenvalue weighted by molar-refractivity contribution is 0.421. The summed E-state index contributed by atoms with van der Waals surface area (Å²) in [5, 5.41) is 11.7. The van der Waals surface area contributed by atoms with Gasteiger partial charge in [0.2, 0.25) is 0 Å². The van der Waals surface area contributed by atoms with Crippen LogP contribution in [0.4, 0.5) is 0 Å². The molecule has 0 unspecified atom stereocenters. The average molecular weight is 245 g/mol. The maximum Gasteiger partial charge on any atom is 0.0965 e. The molecule has 0 atom stereocenters. The van der Waals surface area contributed by atoms with Gasteiger partial charge >= 0.3 is 0 Å². The van der Waals surface area contributed by atoms with Gasteiger partial charge < -0.3 is 5.32 Å². The number of rotatable bonds is 4. The monoisotopic (exact) mass is 245 g/mol. The summed E-state index contributed by atoms with van der Waals surface area (Å²) in [5.74, 6) is 0. The molecular formula is C13H19N5. The predicted molar refractivity (Wildman–Crippen MR) is 70.0 cm³/mol. The fourth-order valence-electron chi connectivity index (χ4n) is 1.53. The van der Waals surface area contributed by atoms with Crippen molar-refractivity contribution in [1.82, 2.24) is 25.3 Å². The van der Waals surface area contributed by atoms with E-state index >= 15 is 0 Å². The van der Waals surface area contributed by atoms with E-state index < -0.39 is 0 Å². The van der Waals surface area contributed by atoms with Gasteiger partial charge in [-0.1, -0.05) is 5.21 Å². The minimum absolute atomic E-state index is 0.0921. The van der Waals surface area contributed by atoms with Crippen LogP contribution in [0.15, 0.2) is 30.7 Å².